The van der Waals surface area contributed by atoms with Crippen LogP contribution in [0.3, 0.4) is 0 Å². The van der Waals surface area contributed by atoms with Gasteiger partial charge in [-0.15, -0.1) is 0 Å². The van der Waals surface area contributed by atoms with Crippen molar-refractivity contribution in [2.75, 3.05) is 0 Å². The highest BCUT2D eigenvalue weighted by molar-refractivity contribution is 5.39. The van der Waals surface area contributed by atoms with E-state index in [1.807, 2.05) is 19.9 Å². The van der Waals surface area contributed by atoms with Gasteiger partial charge in [-0.2, -0.15) is 0 Å². The molecule has 0 amide bonds. The second-order valence-corrected chi connectivity index (χ2v) is 3.41. The maximum Gasteiger partial charge on any atom is 0.0972 e. The normalized spacial score (nSPS) is 18.1. The van der Waals surface area contributed by atoms with E-state index in [-0.39, 0.29) is 6.10 Å². The number of hydrogen-bond acceptors (Lipinski definition) is 1. The predicted molar refractivity (Wildman–Crippen MR) is 51.8 cm³/mol. The van der Waals surface area contributed by atoms with Gasteiger partial charge in [0.05, 0.1) is 11.9 Å². The first-order chi connectivity index (χ1) is 5.59. The predicted octanol–water partition coefficient (Wildman–Crippen LogP) is 3.20. The summed E-state index contributed by atoms with van der Waals surface area (Å²) in [6, 6.07) is 0. The lowest BCUT2D eigenvalue weighted by Gasteiger charge is -2.19. The highest BCUT2D eigenvalue weighted by atomic mass is 16.5. The molecule has 0 saturated carbocycles. The lowest BCUT2D eigenvalue weighted by molar-refractivity contribution is 0.138. The molecule has 0 aromatic carbocycles. The summed E-state index contributed by atoms with van der Waals surface area (Å²) >= 11 is 0. The Labute approximate surface area is 74.4 Å². The third-order valence-corrected chi connectivity index (χ3v) is 1.85. The molecule has 0 aromatic rings. The summed E-state index contributed by atoms with van der Waals surface area (Å²) in [6.45, 7) is 11.9. The van der Waals surface area contributed by atoms with Crippen LogP contribution in [-0.2, 0) is 4.74 Å². The molecule has 0 atom stereocenters. The minimum atomic E-state index is 0.260. The average molecular weight is 164 g/mol. The van der Waals surface area contributed by atoms with E-state index in [0.717, 1.165) is 29.7 Å². The van der Waals surface area contributed by atoms with Crippen LogP contribution in [0.1, 0.15) is 26.7 Å². The smallest absolute Gasteiger partial charge is 0.0972 e. The van der Waals surface area contributed by atoms with Crippen LogP contribution >= 0.6 is 0 Å². The molecule has 0 spiro atoms. The van der Waals surface area contributed by atoms with Crippen LogP contribution in [0.25, 0.3) is 0 Å². The van der Waals surface area contributed by atoms with Gasteiger partial charge < -0.3 is 4.74 Å². The van der Waals surface area contributed by atoms with Crippen LogP contribution < -0.4 is 0 Å². The second-order valence-electron chi connectivity index (χ2n) is 3.41. The van der Waals surface area contributed by atoms with Gasteiger partial charge in [0.25, 0.3) is 0 Å². The molecule has 1 heteroatoms. The van der Waals surface area contributed by atoms with E-state index in [1.165, 1.54) is 0 Å². The summed E-state index contributed by atoms with van der Waals surface area (Å²) in [5.41, 5.74) is 2.14. The molecule has 1 rings (SSSR count). The van der Waals surface area contributed by atoms with Gasteiger partial charge in [0.2, 0.25) is 0 Å². The fraction of sp³-hybridized carbons (Fsp3) is 0.455. The molecule has 0 saturated heterocycles. The lowest BCUT2D eigenvalue weighted by atomic mass is 9.97. The van der Waals surface area contributed by atoms with Crippen molar-refractivity contribution in [1.82, 2.24) is 0 Å². The highest BCUT2D eigenvalue weighted by Gasteiger charge is 2.10. The van der Waals surface area contributed by atoms with Crippen molar-refractivity contribution in [3.05, 3.63) is 36.1 Å². The Morgan fingerprint density at radius 3 is 2.50 bits per heavy atom. The summed E-state index contributed by atoms with van der Waals surface area (Å²) in [5.74, 6) is 1.04. The molecule has 0 fully saturated rings. The van der Waals surface area contributed by atoms with Crippen LogP contribution in [0.4, 0.5) is 0 Å². The van der Waals surface area contributed by atoms with E-state index in [1.54, 1.807) is 0 Å². The van der Waals surface area contributed by atoms with Crippen molar-refractivity contribution >= 4 is 0 Å². The van der Waals surface area contributed by atoms with Crippen molar-refractivity contribution in [2.24, 2.45) is 0 Å². The Kier molecular flexibility index (Phi) is 2.74. The van der Waals surface area contributed by atoms with Crippen molar-refractivity contribution < 1.29 is 4.74 Å². The van der Waals surface area contributed by atoms with E-state index < -0.39 is 0 Å². The topological polar surface area (TPSA) is 9.23 Å². The van der Waals surface area contributed by atoms with Gasteiger partial charge in [-0.05, 0) is 37.5 Å². The first-order valence-corrected chi connectivity index (χ1v) is 4.34. The fourth-order valence-electron chi connectivity index (χ4n) is 1.20. The minimum absolute atomic E-state index is 0.260. The SMILES string of the molecule is C=C1C=C(OC(C)C)CCC1=C. The number of hydrogen-bond donors (Lipinski definition) is 0. The zero-order valence-corrected chi connectivity index (χ0v) is 7.89. The first-order valence-electron chi connectivity index (χ1n) is 4.34. The summed E-state index contributed by atoms with van der Waals surface area (Å²) < 4.78 is 5.57. The number of rotatable bonds is 2. The third kappa shape index (κ3) is 2.26. The van der Waals surface area contributed by atoms with E-state index >= 15 is 0 Å². The van der Waals surface area contributed by atoms with E-state index in [9.17, 15) is 0 Å². The minimum Gasteiger partial charge on any atom is -0.495 e. The molecule has 1 aliphatic carbocycles. The molecular weight excluding hydrogens is 148 g/mol. The van der Waals surface area contributed by atoms with Gasteiger partial charge in [-0.1, -0.05) is 13.2 Å². The quantitative estimate of drug-likeness (QED) is 0.609. The second kappa shape index (κ2) is 3.61. The molecule has 1 aliphatic rings. The molecule has 0 aliphatic heterocycles. The number of ether oxygens (including phenoxy) is 1. The summed E-state index contributed by atoms with van der Waals surface area (Å²) in [5, 5.41) is 0. The molecule has 0 aromatic heterocycles. The fourth-order valence-corrected chi connectivity index (χ4v) is 1.20. The third-order valence-electron chi connectivity index (χ3n) is 1.85. The molecule has 0 radical (unpaired) electrons. The molecule has 66 valence electrons. The Hall–Kier alpha value is -0.980. The lowest BCUT2D eigenvalue weighted by Crippen LogP contribution is -2.06. The molecule has 12 heavy (non-hydrogen) atoms. The van der Waals surface area contributed by atoms with Gasteiger partial charge in [0.1, 0.15) is 0 Å². The van der Waals surface area contributed by atoms with E-state index in [0.29, 0.717) is 0 Å². The van der Waals surface area contributed by atoms with Gasteiger partial charge >= 0.3 is 0 Å². The van der Waals surface area contributed by atoms with Crippen molar-refractivity contribution in [3.63, 3.8) is 0 Å². The van der Waals surface area contributed by atoms with Gasteiger partial charge in [-0.25, -0.2) is 0 Å². The maximum absolute atomic E-state index is 5.57. The standard InChI is InChI=1S/C11H16O/c1-8(2)12-11-6-5-9(3)10(4)7-11/h7-8H,3-6H2,1-2H3. The van der Waals surface area contributed by atoms with Gasteiger partial charge in [0.15, 0.2) is 0 Å². The Balaban J connectivity index is 2.62. The van der Waals surface area contributed by atoms with Gasteiger partial charge in [-0.3, -0.25) is 0 Å². The zero-order valence-electron chi connectivity index (χ0n) is 7.89. The Morgan fingerprint density at radius 2 is 2.00 bits per heavy atom. The maximum atomic E-state index is 5.57. The van der Waals surface area contributed by atoms with Gasteiger partial charge in [0, 0.05) is 6.42 Å². The van der Waals surface area contributed by atoms with Crippen molar-refractivity contribution in [3.8, 4) is 0 Å². The average Bonchev–Trinajstić information content (AvgIpc) is 1.96. The molecule has 0 unspecified atom stereocenters. The summed E-state index contributed by atoms with van der Waals surface area (Å²) in [4.78, 5) is 0. The van der Waals surface area contributed by atoms with Crippen LogP contribution in [-0.4, -0.2) is 6.10 Å². The van der Waals surface area contributed by atoms with Crippen molar-refractivity contribution in [1.29, 1.82) is 0 Å². The molecule has 0 heterocycles. The monoisotopic (exact) mass is 164 g/mol. The van der Waals surface area contributed by atoms with E-state index in [2.05, 4.69) is 13.2 Å². The zero-order chi connectivity index (χ0) is 9.14. The van der Waals surface area contributed by atoms with E-state index in [4.69, 9.17) is 4.74 Å². The number of allylic oxidation sites excluding steroid dienone is 4. The Morgan fingerprint density at radius 1 is 1.33 bits per heavy atom. The Bertz CT molecular complexity index is 233. The largest absolute Gasteiger partial charge is 0.495 e. The molecule has 1 nitrogen and oxygen atoms in total. The first kappa shape index (κ1) is 9.11. The van der Waals surface area contributed by atoms with Crippen LogP contribution in [0.2, 0.25) is 0 Å². The van der Waals surface area contributed by atoms with Crippen molar-refractivity contribution in [2.45, 2.75) is 32.8 Å². The highest BCUT2D eigenvalue weighted by Crippen LogP contribution is 2.26. The summed E-state index contributed by atoms with van der Waals surface area (Å²) in [6.07, 6.45) is 4.20. The van der Waals surface area contributed by atoms with Crippen LogP contribution in [0, 0.1) is 0 Å². The molecular formula is C11H16O. The molecule has 0 N–H and O–H groups in total. The summed E-state index contributed by atoms with van der Waals surface area (Å²) in [7, 11) is 0. The van der Waals surface area contributed by atoms with Crippen LogP contribution in [0.15, 0.2) is 36.1 Å². The molecule has 0 bridgehead atoms. The van der Waals surface area contributed by atoms with Crippen LogP contribution in [0.5, 0.6) is 0 Å².